The standard InChI is InChI=1S/C7H6ClF2NO/c8-5-2-1-3-11-7(5)12-4-6(9)10/h1-3,6H,4H2. The average Bonchev–Trinajstić information content (AvgIpc) is 2.03. The van der Waals surface area contributed by atoms with Crippen molar-refractivity contribution in [2.24, 2.45) is 0 Å². The van der Waals surface area contributed by atoms with Crippen LogP contribution in [0.1, 0.15) is 0 Å². The van der Waals surface area contributed by atoms with E-state index < -0.39 is 13.0 Å². The van der Waals surface area contributed by atoms with Crippen LogP contribution in [0.15, 0.2) is 18.3 Å². The second-order valence-corrected chi connectivity index (χ2v) is 2.40. The molecule has 1 aromatic rings. The highest BCUT2D eigenvalue weighted by Crippen LogP contribution is 2.20. The van der Waals surface area contributed by atoms with Crippen molar-refractivity contribution in [2.75, 3.05) is 6.61 Å². The minimum atomic E-state index is -2.51. The molecule has 0 fully saturated rings. The minimum absolute atomic E-state index is 0.0412. The van der Waals surface area contributed by atoms with Crippen molar-refractivity contribution in [1.29, 1.82) is 0 Å². The first kappa shape index (κ1) is 9.19. The van der Waals surface area contributed by atoms with Crippen LogP contribution in [0.4, 0.5) is 8.78 Å². The molecule has 0 saturated heterocycles. The number of ether oxygens (including phenoxy) is 1. The molecule has 1 heterocycles. The van der Waals surface area contributed by atoms with Crippen LogP contribution in [0.25, 0.3) is 0 Å². The first-order chi connectivity index (χ1) is 5.70. The van der Waals surface area contributed by atoms with Gasteiger partial charge in [-0.1, -0.05) is 11.6 Å². The smallest absolute Gasteiger partial charge is 0.272 e. The highest BCUT2D eigenvalue weighted by molar-refractivity contribution is 6.31. The molecular formula is C7H6ClF2NO. The summed E-state index contributed by atoms with van der Waals surface area (Å²) in [5.41, 5.74) is 0. The Labute approximate surface area is 73.1 Å². The molecule has 0 N–H and O–H groups in total. The van der Waals surface area contributed by atoms with Gasteiger partial charge in [0.15, 0.2) is 6.61 Å². The van der Waals surface area contributed by atoms with Crippen molar-refractivity contribution in [3.8, 4) is 5.88 Å². The number of alkyl halides is 2. The number of hydrogen-bond acceptors (Lipinski definition) is 2. The summed E-state index contributed by atoms with van der Waals surface area (Å²) in [4.78, 5) is 3.66. The third kappa shape index (κ3) is 2.62. The molecule has 12 heavy (non-hydrogen) atoms. The molecule has 0 aliphatic heterocycles. The lowest BCUT2D eigenvalue weighted by molar-refractivity contribution is 0.0796. The minimum Gasteiger partial charge on any atom is -0.471 e. The Kier molecular flexibility index (Phi) is 3.22. The molecule has 0 bridgehead atoms. The van der Waals surface area contributed by atoms with Gasteiger partial charge < -0.3 is 4.74 Å². The molecule has 0 aromatic carbocycles. The van der Waals surface area contributed by atoms with Crippen molar-refractivity contribution in [2.45, 2.75) is 6.43 Å². The number of aromatic nitrogens is 1. The van der Waals surface area contributed by atoms with Crippen LogP contribution < -0.4 is 4.74 Å². The van der Waals surface area contributed by atoms with Gasteiger partial charge in [-0.25, -0.2) is 13.8 Å². The van der Waals surface area contributed by atoms with E-state index in [-0.39, 0.29) is 10.9 Å². The number of pyridine rings is 1. The summed E-state index contributed by atoms with van der Waals surface area (Å²) in [5.74, 6) is 0.0412. The summed E-state index contributed by atoms with van der Waals surface area (Å²) in [7, 11) is 0. The van der Waals surface area contributed by atoms with Gasteiger partial charge in [0.1, 0.15) is 5.02 Å². The van der Waals surface area contributed by atoms with Crippen LogP contribution in [0.5, 0.6) is 5.88 Å². The van der Waals surface area contributed by atoms with E-state index in [1.54, 1.807) is 6.07 Å². The van der Waals surface area contributed by atoms with Gasteiger partial charge in [-0.3, -0.25) is 0 Å². The summed E-state index contributed by atoms with van der Waals surface area (Å²) in [6.45, 7) is -0.684. The quantitative estimate of drug-likeness (QED) is 0.735. The lowest BCUT2D eigenvalue weighted by Crippen LogP contribution is -2.08. The zero-order valence-corrected chi connectivity index (χ0v) is 6.76. The van der Waals surface area contributed by atoms with Crippen LogP contribution in [0.2, 0.25) is 5.02 Å². The SMILES string of the molecule is FC(F)COc1ncccc1Cl. The maximum Gasteiger partial charge on any atom is 0.272 e. The summed E-state index contributed by atoms with van der Waals surface area (Å²) < 4.78 is 27.9. The lowest BCUT2D eigenvalue weighted by Gasteiger charge is -2.04. The predicted octanol–water partition coefficient (Wildman–Crippen LogP) is 2.38. The fraction of sp³-hybridized carbons (Fsp3) is 0.286. The zero-order valence-electron chi connectivity index (χ0n) is 6.01. The van der Waals surface area contributed by atoms with E-state index in [0.717, 1.165) is 0 Å². The maximum absolute atomic E-state index is 11.7. The highest BCUT2D eigenvalue weighted by atomic mass is 35.5. The molecule has 2 nitrogen and oxygen atoms in total. The molecule has 0 aliphatic carbocycles. The maximum atomic E-state index is 11.7. The number of hydrogen-bond donors (Lipinski definition) is 0. The summed E-state index contributed by atoms with van der Waals surface area (Å²) >= 11 is 5.58. The largest absolute Gasteiger partial charge is 0.471 e. The summed E-state index contributed by atoms with van der Waals surface area (Å²) in [5, 5.41) is 0.234. The van der Waals surface area contributed by atoms with E-state index in [1.807, 2.05) is 0 Å². The zero-order chi connectivity index (χ0) is 8.97. The first-order valence-corrected chi connectivity index (χ1v) is 3.59. The third-order valence-corrected chi connectivity index (χ3v) is 1.36. The van der Waals surface area contributed by atoms with Crippen LogP contribution in [0, 0.1) is 0 Å². The molecule has 1 aromatic heterocycles. The monoisotopic (exact) mass is 193 g/mol. The molecule has 5 heteroatoms. The second kappa shape index (κ2) is 4.21. The number of nitrogens with zero attached hydrogens (tertiary/aromatic N) is 1. The molecule has 0 spiro atoms. The van der Waals surface area contributed by atoms with E-state index in [4.69, 9.17) is 11.6 Å². The molecule has 0 amide bonds. The Hall–Kier alpha value is -0.900. The Balaban J connectivity index is 2.57. The van der Waals surface area contributed by atoms with Crippen molar-refractivity contribution in [3.05, 3.63) is 23.4 Å². The Morgan fingerprint density at radius 3 is 2.92 bits per heavy atom. The van der Waals surface area contributed by atoms with Crippen LogP contribution in [-0.2, 0) is 0 Å². The fourth-order valence-corrected chi connectivity index (χ4v) is 0.795. The first-order valence-electron chi connectivity index (χ1n) is 3.21. The molecule has 0 saturated carbocycles. The van der Waals surface area contributed by atoms with E-state index in [2.05, 4.69) is 9.72 Å². The van der Waals surface area contributed by atoms with Gasteiger partial charge in [-0.05, 0) is 12.1 Å². The molecule has 66 valence electrons. The molecule has 0 aliphatic rings. The second-order valence-electron chi connectivity index (χ2n) is 1.99. The van der Waals surface area contributed by atoms with Gasteiger partial charge >= 0.3 is 0 Å². The van der Waals surface area contributed by atoms with Crippen molar-refractivity contribution in [3.63, 3.8) is 0 Å². The average molecular weight is 194 g/mol. The van der Waals surface area contributed by atoms with E-state index in [1.165, 1.54) is 12.3 Å². The van der Waals surface area contributed by atoms with Gasteiger partial charge in [-0.15, -0.1) is 0 Å². The van der Waals surface area contributed by atoms with Gasteiger partial charge in [0.05, 0.1) is 0 Å². The fourth-order valence-electron chi connectivity index (χ4n) is 0.619. The van der Waals surface area contributed by atoms with Crippen LogP contribution in [0.3, 0.4) is 0 Å². The Bertz CT molecular complexity index is 257. The number of rotatable bonds is 3. The highest BCUT2D eigenvalue weighted by Gasteiger charge is 2.06. The summed E-state index contributed by atoms with van der Waals surface area (Å²) in [6.07, 6.45) is -1.09. The Morgan fingerprint density at radius 2 is 2.33 bits per heavy atom. The van der Waals surface area contributed by atoms with Crippen LogP contribution >= 0.6 is 11.6 Å². The Morgan fingerprint density at radius 1 is 1.58 bits per heavy atom. The number of halogens is 3. The van der Waals surface area contributed by atoms with Crippen molar-refractivity contribution in [1.82, 2.24) is 4.98 Å². The predicted molar refractivity (Wildman–Crippen MR) is 40.7 cm³/mol. The van der Waals surface area contributed by atoms with Gasteiger partial charge in [0.2, 0.25) is 5.88 Å². The van der Waals surface area contributed by atoms with Gasteiger partial charge in [0.25, 0.3) is 6.43 Å². The van der Waals surface area contributed by atoms with Crippen LogP contribution in [-0.4, -0.2) is 18.0 Å². The van der Waals surface area contributed by atoms with E-state index in [0.29, 0.717) is 0 Å². The molecule has 1 rings (SSSR count). The topological polar surface area (TPSA) is 22.1 Å². The van der Waals surface area contributed by atoms with Gasteiger partial charge in [0, 0.05) is 6.20 Å². The molecular weight excluding hydrogens is 188 g/mol. The van der Waals surface area contributed by atoms with E-state index in [9.17, 15) is 8.78 Å². The van der Waals surface area contributed by atoms with Crippen molar-refractivity contribution >= 4 is 11.6 Å². The lowest BCUT2D eigenvalue weighted by atomic mass is 10.5. The normalized spacial score (nSPS) is 10.3. The molecule has 0 atom stereocenters. The van der Waals surface area contributed by atoms with E-state index >= 15 is 0 Å². The van der Waals surface area contributed by atoms with Crippen molar-refractivity contribution < 1.29 is 13.5 Å². The summed E-state index contributed by atoms with van der Waals surface area (Å²) in [6, 6.07) is 3.12. The third-order valence-electron chi connectivity index (χ3n) is 1.07. The molecule has 0 radical (unpaired) electrons. The van der Waals surface area contributed by atoms with Gasteiger partial charge in [-0.2, -0.15) is 0 Å². The molecule has 0 unspecified atom stereocenters.